The average Bonchev–Trinajstić information content (AvgIpc) is 3.55. The molecule has 0 saturated heterocycles. The molecule has 6 bridgehead atoms. The minimum Gasteiger partial charge on any atom is -0.493 e. The van der Waals surface area contributed by atoms with Crippen LogP contribution < -0.4 is 9.47 Å². The number of carbonyl (C=O) groups excluding carboxylic acids is 2. The lowest BCUT2D eigenvalue weighted by molar-refractivity contribution is -0.181. The van der Waals surface area contributed by atoms with Crippen molar-refractivity contribution in [3.05, 3.63) is 108 Å². The van der Waals surface area contributed by atoms with E-state index in [0.717, 1.165) is 72.1 Å². The second-order valence-electron chi connectivity index (χ2n) is 22.6. The van der Waals surface area contributed by atoms with Gasteiger partial charge in [0.25, 0.3) is 0 Å². The molecule has 63 heavy (non-hydrogen) atoms. The van der Waals surface area contributed by atoms with Crippen molar-refractivity contribution in [1.82, 2.24) is 4.90 Å². The van der Waals surface area contributed by atoms with Crippen molar-refractivity contribution in [2.24, 2.45) is 56.7 Å². The molecule has 7 nitrogen and oxygen atoms in total. The van der Waals surface area contributed by atoms with Gasteiger partial charge in [-0.15, -0.1) is 0 Å². The van der Waals surface area contributed by atoms with Crippen molar-refractivity contribution in [3.63, 3.8) is 0 Å². The summed E-state index contributed by atoms with van der Waals surface area (Å²) in [7, 11) is 3.26. The second kappa shape index (κ2) is 14.7. The van der Waals surface area contributed by atoms with Gasteiger partial charge < -0.3 is 24.6 Å². The summed E-state index contributed by atoms with van der Waals surface area (Å²) in [6.07, 6.45) is 19.9. The van der Waals surface area contributed by atoms with Crippen LogP contribution in [0.15, 0.2) is 96.6 Å². The first-order chi connectivity index (χ1) is 30.3. The number of nitrogens with zero attached hydrogens (tertiary/aromatic N) is 1. The number of benzene rings is 3. The fourth-order valence-corrected chi connectivity index (χ4v) is 17.0. The first-order valence-electron chi connectivity index (χ1n) is 24.3. The average molecular weight is 850 g/mol. The number of ether oxygens (including phenoxy) is 2. The van der Waals surface area contributed by atoms with Crippen LogP contribution in [0.25, 0.3) is 11.1 Å². The van der Waals surface area contributed by atoms with Gasteiger partial charge in [-0.1, -0.05) is 92.7 Å². The van der Waals surface area contributed by atoms with Gasteiger partial charge in [0.1, 0.15) is 0 Å². The van der Waals surface area contributed by atoms with Crippen molar-refractivity contribution >= 4 is 11.7 Å². The number of methoxy groups -OCH3 is 2. The van der Waals surface area contributed by atoms with E-state index in [2.05, 4.69) is 55.2 Å². The zero-order valence-corrected chi connectivity index (χ0v) is 37.9. The molecule has 13 rings (SSSR count). The summed E-state index contributed by atoms with van der Waals surface area (Å²) < 4.78 is 11.2. The number of allylic oxidation sites excluding steroid dienone is 4. The third-order valence-electron chi connectivity index (χ3n) is 19.5. The lowest BCUT2D eigenvalue weighted by Crippen LogP contribution is -2.67. The third kappa shape index (κ3) is 6.10. The maximum Gasteiger partial charge on any atom is 0.227 e. The highest BCUT2D eigenvalue weighted by Crippen LogP contribution is 2.78. The van der Waals surface area contributed by atoms with E-state index in [1.54, 1.807) is 14.2 Å². The van der Waals surface area contributed by atoms with Gasteiger partial charge in [0, 0.05) is 40.5 Å². The van der Waals surface area contributed by atoms with Crippen LogP contribution in [0.1, 0.15) is 113 Å². The van der Waals surface area contributed by atoms with E-state index < -0.39 is 27.9 Å². The lowest BCUT2D eigenvalue weighted by atomic mass is 9.32. The predicted octanol–water partition coefficient (Wildman–Crippen LogP) is 10.4. The zero-order chi connectivity index (χ0) is 43.6. The van der Waals surface area contributed by atoms with Crippen LogP contribution in [0.2, 0.25) is 0 Å². The van der Waals surface area contributed by atoms with Gasteiger partial charge in [0.15, 0.2) is 17.3 Å². The molecule has 2 spiro atoms. The molecule has 0 radical (unpaired) electrons. The van der Waals surface area contributed by atoms with Crippen LogP contribution in [-0.4, -0.2) is 65.8 Å². The van der Waals surface area contributed by atoms with E-state index in [1.165, 1.54) is 38.5 Å². The van der Waals surface area contributed by atoms with Crippen molar-refractivity contribution < 1.29 is 29.3 Å². The summed E-state index contributed by atoms with van der Waals surface area (Å²) >= 11 is 0. The molecule has 7 saturated carbocycles. The Morgan fingerprint density at radius 1 is 0.730 bits per heavy atom. The SMILES string of the molecule is COc1ccc(CC(=O)N(CC23CC4CC(CC(C4)C2)C3)CC2(O)CCC3C45C=CC6(C=C4C(=O)c4ccccc4-c4ccccc4)CC(O)CCC6(C)C5CCC32C)cc1OC. The van der Waals surface area contributed by atoms with Crippen molar-refractivity contribution in [2.75, 3.05) is 27.3 Å². The Morgan fingerprint density at radius 3 is 2.10 bits per heavy atom. The molecule has 2 N–H and O–H groups in total. The molecule has 332 valence electrons. The Morgan fingerprint density at radius 2 is 1.38 bits per heavy atom. The van der Waals surface area contributed by atoms with Gasteiger partial charge in [-0.3, -0.25) is 9.59 Å². The minimum absolute atomic E-state index is 0.00610. The number of carbonyl (C=O) groups is 2. The highest BCUT2D eigenvalue weighted by Gasteiger charge is 2.74. The fourth-order valence-electron chi connectivity index (χ4n) is 17.0. The Balaban J connectivity index is 0.982. The molecule has 7 fully saturated rings. The standard InChI is InChI=1S/C56H67NO6/c1-51-19-16-41(58)32-54(51)22-23-56(44(33-54)50(60)43-13-9-8-12-42(43)40-10-6-5-7-11-40)47(51)17-20-52(2)48(56)18-21-55(52,61)35-57(34-53-29-37-24-38(30-53)26-39(25-37)31-53)49(59)28-36-14-15-45(62-3)46(27-36)63-4/h5-15,22-23,27,33,37-39,41,47-48,58,61H,16-21,24-26,28-32,34-35H2,1-4H3. The number of hydrogen-bond donors (Lipinski definition) is 2. The number of hydrogen-bond acceptors (Lipinski definition) is 6. The van der Waals surface area contributed by atoms with Gasteiger partial charge in [0.2, 0.25) is 5.91 Å². The zero-order valence-electron chi connectivity index (χ0n) is 37.9. The van der Waals surface area contributed by atoms with Gasteiger partial charge >= 0.3 is 0 Å². The second-order valence-corrected chi connectivity index (χ2v) is 22.6. The highest BCUT2D eigenvalue weighted by atomic mass is 16.5. The molecule has 1 amide bonds. The number of ketones is 1. The van der Waals surface area contributed by atoms with Crippen LogP contribution in [0, 0.1) is 56.7 Å². The van der Waals surface area contributed by atoms with E-state index in [9.17, 15) is 10.2 Å². The largest absolute Gasteiger partial charge is 0.493 e. The van der Waals surface area contributed by atoms with E-state index in [0.29, 0.717) is 43.0 Å². The summed E-state index contributed by atoms with van der Waals surface area (Å²) in [5.41, 5.74) is 1.65. The molecule has 10 aliphatic carbocycles. The first-order valence-corrected chi connectivity index (χ1v) is 24.3. The van der Waals surface area contributed by atoms with Crippen LogP contribution in [0.5, 0.6) is 11.5 Å². The van der Waals surface area contributed by atoms with E-state index in [-0.39, 0.29) is 40.8 Å². The molecule has 8 unspecified atom stereocenters. The highest BCUT2D eigenvalue weighted by molar-refractivity contribution is 6.14. The summed E-state index contributed by atoms with van der Waals surface area (Å²) in [5.74, 6) is 3.80. The summed E-state index contributed by atoms with van der Waals surface area (Å²) in [4.78, 5) is 32.9. The molecule has 0 heterocycles. The first kappa shape index (κ1) is 41.5. The van der Waals surface area contributed by atoms with Crippen LogP contribution in [0.3, 0.4) is 0 Å². The summed E-state index contributed by atoms with van der Waals surface area (Å²) in [6, 6.07) is 24.1. The predicted molar refractivity (Wildman–Crippen MR) is 245 cm³/mol. The molecule has 7 heteroatoms. The van der Waals surface area contributed by atoms with Crippen LogP contribution >= 0.6 is 0 Å². The molecule has 0 aromatic heterocycles. The number of fused-ring (bicyclic) bond motifs is 1. The Kier molecular flexibility index (Phi) is 9.65. The summed E-state index contributed by atoms with van der Waals surface area (Å²) in [6.45, 7) is 5.76. The molecule has 10 aliphatic rings. The Labute approximate surface area is 374 Å². The number of amides is 1. The molecular formula is C56H67NO6. The fraction of sp³-hybridized carbons (Fsp3) is 0.571. The van der Waals surface area contributed by atoms with Crippen molar-refractivity contribution in [3.8, 4) is 22.6 Å². The molecule has 3 aromatic carbocycles. The Hall–Kier alpha value is -4.20. The minimum atomic E-state index is -1.15. The van der Waals surface area contributed by atoms with Gasteiger partial charge in [-0.2, -0.15) is 0 Å². The van der Waals surface area contributed by atoms with Gasteiger partial charge in [-0.05, 0) is 153 Å². The van der Waals surface area contributed by atoms with Gasteiger partial charge in [-0.25, -0.2) is 0 Å². The number of aliphatic hydroxyl groups excluding tert-OH is 1. The number of Topliss-reactive ketones (excluding diaryl/α,β-unsaturated/α-hetero) is 1. The van der Waals surface area contributed by atoms with Crippen LogP contribution in [0.4, 0.5) is 0 Å². The normalized spacial score (nSPS) is 40.1. The molecule has 3 aromatic rings. The monoisotopic (exact) mass is 849 g/mol. The maximum atomic E-state index is 15.7. The summed E-state index contributed by atoms with van der Waals surface area (Å²) in [5, 5.41) is 25.0. The molecule has 8 atom stereocenters. The number of aliphatic hydroxyl groups is 2. The van der Waals surface area contributed by atoms with E-state index >= 15 is 9.59 Å². The smallest absolute Gasteiger partial charge is 0.227 e. The van der Waals surface area contributed by atoms with E-state index in [1.807, 2.05) is 54.6 Å². The van der Waals surface area contributed by atoms with E-state index in [4.69, 9.17) is 9.47 Å². The van der Waals surface area contributed by atoms with Gasteiger partial charge in [0.05, 0.1) is 32.3 Å². The topological polar surface area (TPSA) is 96.3 Å². The van der Waals surface area contributed by atoms with Crippen molar-refractivity contribution in [2.45, 2.75) is 115 Å². The molecule has 0 aliphatic heterocycles. The third-order valence-corrected chi connectivity index (χ3v) is 19.5. The maximum absolute atomic E-state index is 15.7. The van der Waals surface area contributed by atoms with Crippen LogP contribution in [-0.2, 0) is 11.2 Å². The Bertz CT molecular complexity index is 2350. The van der Waals surface area contributed by atoms with Crippen molar-refractivity contribution in [1.29, 1.82) is 0 Å². The number of rotatable bonds is 11. The lowest BCUT2D eigenvalue weighted by Gasteiger charge is -2.71. The molecular weight excluding hydrogens is 783 g/mol. The quantitative estimate of drug-likeness (QED) is 0.147.